The van der Waals surface area contributed by atoms with Crippen LogP contribution in [0.3, 0.4) is 0 Å². The van der Waals surface area contributed by atoms with Crippen LogP contribution in [0.4, 0.5) is 0 Å². The molecule has 0 nitrogen and oxygen atoms in total. The van der Waals surface area contributed by atoms with Crippen molar-refractivity contribution < 1.29 is 0 Å². The minimum Gasteiger partial charge on any atom is -0.105 e. The third-order valence-corrected chi connectivity index (χ3v) is 2.08. The highest BCUT2D eigenvalue weighted by molar-refractivity contribution is 5.25. The van der Waals surface area contributed by atoms with Gasteiger partial charge in [-0.15, -0.1) is 11.8 Å². The van der Waals surface area contributed by atoms with Crippen LogP contribution in [0.25, 0.3) is 0 Å². The molecule has 0 rings (SSSR count). The fourth-order valence-electron chi connectivity index (χ4n) is 1.13. The Kier molecular flexibility index (Phi) is 5.31. The summed E-state index contributed by atoms with van der Waals surface area (Å²) >= 11 is 0. The van der Waals surface area contributed by atoms with E-state index in [2.05, 4.69) is 44.5 Å². The van der Waals surface area contributed by atoms with Crippen LogP contribution in [0.15, 0.2) is 0 Å². The zero-order valence-corrected chi connectivity index (χ0v) is 8.62. The minimum absolute atomic E-state index is 0.0369. The standard InChI is InChI=1S/C12H18/c1-5-9-11-12(7-3,8-4)10-6-2/h5,7-8H2,1-4H3. The van der Waals surface area contributed by atoms with Gasteiger partial charge in [-0.1, -0.05) is 32.6 Å². The van der Waals surface area contributed by atoms with E-state index in [0.29, 0.717) is 0 Å². The smallest absolute Gasteiger partial charge is 0.0913 e. The minimum atomic E-state index is -0.0369. The Morgan fingerprint density at radius 1 is 1.00 bits per heavy atom. The molecule has 0 aromatic heterocycles. The first kappa shape index (κ1) is 11.1. The van der Waals surface area contributed by atoms with E-state index in [-0.39, 0.29) is 5.41 Å². The molecule has 0 saturated carbocycles. The second-order valence-corrected chi connectivity index (χ2v) is 2.82. The summed E-state index contributed by atoms with van der Waals surface area (Å²) in [4.78, 5) is 0. The molecule has 0 radical (unpaired) electrons. The van der Waals surface area contributed by atoms with Crippen molar-refractivity contribution in [2.45, 2.75) is 47.0 Å². The summed E-state index contributed by atoms with van der Waals surface area (Å²) in [6.07, 6.45) is 2.97. The van der Waals surface area contributed by atoms with Gasteiger partial charge in [0.05, 0.1) is 5.41 Å². The second-order valence-electron chi connectivity index (χ2n) is 2.82. The highest BCUT2D eigenvalue weighted by Gasteiger charge is 2.19. The molecule has 66 valence electrons. The highest BCUT2D eigenvalue weighted by atomic mass is 14.2. The Morgan fingerprint density at radius 2 is 1.58 bits per heavy atom. The van der Waals surface area contributed by atoms with Gasteiger partial charge in [-0.2, -0.15) is 0 Å². The Balaban J connectivity index is 4.65. The van der Waals surface area contributed by atoms with Crippen LogP contribution in [0.2, 0.25) is 0 Å². The maximum Gasteiger partial charge on any atom is 0.0913 e. The van der Waals surface area contributed by atoms with E-state index in [4.69, 9.17) is 0 Å². The zero-order chi connectivity index (χ0) is 9.45. The quantitative estimate of drug-likeness (QED) is 0.547. The summed E-state index contributed by atoms with van der Waals surface area (Å²) < 4.78 is 0. The summed E-state index contributed by atoms with van der Waals surface area (Å²) in [5.41, 5.74) is -0.0369. The lowest BCUT2D eigenvalue weighted by Gasteiger charge is -2.17. The van der Waals surface area contributed by atoms with Crippen LogP contribution in [-0.2, 0) is 0 Å². The normalized spacial score (nSPS) is 9.33. The van der Waals surface area contributed by atoms with Gasteiger partial charge in [-0.25, -0.2) is 0 Å². The van der Waals surface area contributed by atoms with Crippen molar-refractivity contribution >= 4 is 0 Å². The number of hydrogen-bond acceptors (Lipinski definition) is 0. The van der Waals surface area contributed by atoms with E-state index in [1.807, 2.05) is 6.92 Å². The Labute approximate surface area is 76.8 Å². The van der Waals surface area contributed by atoms with Gasteiger partial charge in [-0.05, 0) is 19.8 Å². The first-order valence-electron chi connectivity index (χ1n) is 4.68. The maximum absolute atomic E-state index is 3.26. The van der Waals surface area contributed by atoms with Gasteiger partial charge in [0.1, 0.15) is 0 Å². The maximum atomic E-state index is 3.26. The first-order valence-corrected chi connectivity index (χ1v) is 4.68. The number of rotatable bonds is 2. The van der Waals surface area contributed by atoms with E-state index in [1.54, 1.807) is 0 Å². The Bertz CT molecular complexity index is 222. The lowest BCUT2D eigenvalue weighted by atomic mass is 9.84. The van der Waals surface area contributed by atoms with Gasteiger partial charge in [0, 0.05) is 6.42 Å². The van der Waals surface area contributed by atoms with Gasteiger partial charge in [0.25, 0.3) is 0 Å². The summed E-state index contributed by atoms with van der Waals surface area (Å²) in [6, 6.07) is 0. The van der Waals surface area contributed by atoms with Crippen molar-refractivity contribution in [3.63, 3.8) is 0 Å². The van der Waals surface area contributed by atoms with Crippen molar-refractivity contribution in [1.82, 2.24) is 0 Å². The molecule has 0 N–H and O–H groups in total. The molecule has 0 heteroatoms. The lowest BCUT2D eigenvalue weighted by molar-refractivity contribution is 0.497. The predicted molar refractivity (Wildman–Crippen MR) is 54.5 cm³/mol. The Morgan fingerprint density at radius 3 is 1.92 bits per heavy atom. The molecule has 0 aliphatic carbocycles. The molecule has 0 saturated heterocycles. The van der Waals surface area contributed by atoms with Gasteiger partial charge >= 0.3 is 0 Å². The van der Waals surface area contributed by atoms with Crippen molar-refractivity contribution in [3.05, 3.63) is 0 Å². The van der Waals surface area contributed by atoms with Crippen molar-refractivity contribution in [2.24, 2.45) is 5.41 Å². The third-order valence-electron chi connectivity index (χ3n) is 2.08. The molecular formula is C12H18. The SMILES string of the molecule is CC#CC(C#CCC)(CC)CC. The largest absolute Gasteiger partial charge is 0.105 e. The average molecular weight is 162 g/mol. The van der Waals surface area contributed by atoms with E-state index in [9.17, 15) is 0 Å². The van der Waals surface area contributed by atoms with Crippen LogP contribution >= 0.6 is 0 Å². The number of hydrogen-bond donors (Lipinski definition) is 0. The molecule has 0 bridgehead atoms. The fourth-order valence-corrected chi connectivity index (χ4v) is 1.13. The zero-order valence-electron chi connectivity index (χ0n) is 8.62. The molecule has 0 aromatic carbocycles. The van der Waals surface area contributed by atoms with Crippen molar-refractivity contribution in [1.29, 1.82) is 0 Å². The summed E-state index contributed by atoms with van der Waals surface area (Å²) in [5.74, 6) is 12.6. The monoisotopic (exact) mass is 162 g/mol. The lowest BCUT2D eigenvalue weighted by Crippen LogP contribution is -2.13. The molecule has 0 aromatic rings. The molecule has 0 amide bonds. The molecule has 0 spiro atoms. The van der Waals surface area contributed by atoms with Crippen LogP contribution in [0, 0.1) is 29.1 Å². The molecule has 0 atom stereocenters. The summed E-state index contributed by atoms with van der Waals surface area (Å²) in [5, 5.41) is 0. The van der Waals surface area contributed by atoms with E-state index >= 15 is 0 Å². The van der Waals surface area contributed by atoms with Gasteiger partial charge in [0.2, 0.25) is 0 Å². The molecular weight excluding hydrogens is 144 g/mol. The van der Waals surface area contributed by atoms with Crippen LogP contribution < -0.4 is 0 Å². The van der Waals surface area contributed by atoms with Crippen LogP contribution in [-0.4, -0.2) is 0 Å². The topological polar surface area (TPSA) is 0 Å². The summed E-state index contributed by atoms with van der Waals surface area (Å²) in [7, 11) is 0. The van der Waals surface area contributed by atoms with E-state index in [0.717, 1.165) is 19.3 Å². The third kappa shape index (κ3) is 3.02. The highest BCUT2D eigenvalue weighted by Crippen LogP contribution is 2.23. The van der Waals surface area contributed by atoms with Crippen LogP contribution in [0.5, 0.6) is 0 Å². The molecule has 0 aliphatic rings. The second kappa shape index (κ2) is 5.73. The van der Waals surface area contributed by atoms with Crippen molar-refractivity contribution in [2.75, 3.05) is 0 Å². The Hall–Kier alpha value is -0.880. The van der Waals surface area contributed by atoms with E-state index < -0.39 is 0 Å². The van der Waals surface area contributed by atoms with Gasteiger partial charge in [-0.3, -0.25) is 0 Å². The van der Waals surface area contributed by atoms with Crippen LogP contribution in [0.1, 0.15) is 47.0 Å². The first-order chi connectivity index (χ1) is 5.74. The summed E-state index contributed by atoms with van der Waals surface area (Å²) in [6.45, 7) is 8.26. The molecule has 0 unspecified atom stereocenters. The van der Waals surface area contributed by atoms with Gasteiger partial charge in [0.15, 0.2) is 0 Å². The molecule has 0 aliphatic heterocycles. The van der Waals surface area contributed by atoms with Gasteiger partial charge < -0.3 is 0 Å². The predicted octanol–water partition coefficient (Wildman–Crippen LogP) is 3.23. The van der Waals surface area contributed by atoms with E-state index in [1.165, 1.54) is 0 Å². The van der Waals surface area contributed by atoms with Crippen molar-refractivity contribution in [3.8, 4) is 23.7 Å². The molecule has 0 fully saturated rings. The average Bonchev–Trinajstić information content (AvgIpc) is 2.13. The molecule has 12 heavy (non-hydrogen) atoms. The molecule has 0 heterocycles. The fraction of sp³-hybridized carbons (Fsp3) is 0.667.